The van der Waals surface area contributed by atoms with Gasteiger partial charge in [0.05, 0.1) is 6.04 Å². The first-order valence-electron chi connectivity index (χ1n) is 6.10. The average molecular weight is 246 g/mol. The summed E-state index contributed by atoms with van der Waals surface area (Å²) in [7, 11) is 0. The maximum Gasteiger partial charge on any atom is 0.0606 e. The van der Waals surface area contributed by atoms with Crippen molar-refractivity contribution in [3.63, 3.8) is 0 Å². The predicted octanol–water partition coefficient (Wildman–Crippen LogP) is 4.49. The highest BCUT2D eigenvalue weighted by molar-refractivity contribution is 7.10. The van der Waals surface area contributed by atoms with E-state index in [4.69, 9.17) is 0 Å². The monoisotopic (exact) mass is 246 g/mol. The molecule has 17 heavy (non-hydrogen) atoms. The van der Waals surface area contributed by atoms with E-state index in [1.807, 2.05) is 35.9 Å². The number of nitrogens with one attached hydrogen (secondary N) is 1. The molecule has 0 saturated carbocycles. The molecule has 0 aliphatic rings. The fourth-order valence-electron chi connectivity index (χ4n) is 1.83. The number of unbranched alkanes of at least 4 members (excludes halogenated alkanes) is 1. The van der Waals surface area contributed by atoms with Crippen molar-refractivity contribution < 1.29 is 0 Å². The Morgan fingerprint density at radius 1 is 1.29 bits per heavy atom. The summed E-state index contributed by atoms with van der Waals surface area (Å²) in [6, 6.07) is 8.79. The van der Waals surface area contributed by atoms with Crippen molar-refractivity contribution in [3.05, 3.63) is 46.9 Å². The summed E-state index contributed by atoms with van der Waals surface area (Å²) in [5, 5.41) is 5.73. The van der Waals surface area contributed by atoms with Gasteiger partial charge in [-0.3, -0.25) is 4.98 Å². The second kappa shape index (κ2) is 6.40. The SMILES string of the molecule is CCCCC(Nc1ccncc1)c1cccs1. The first-order chi connectivity index (χ1) is 8.40. The van der Waals surface area contributed by atoms with E-state index in [-0.39, 0.29) is 0 Å². The number of hydrogen-bond acceptors (Lipinski definition) is 3. The molecular formula is C14H18N2S. The second-order valence-electron chi connectivity index (χ2n) is 4.09. The molecule has 0 aromatic carbocycles. The molecule has 0 amide bonds. The molecule has 0 aliphatic heterocycles. The minimum atomic E-state index is 0.428. The zero-order chi connectivity index (χ0) is 11.9. The molecule has 0 spiro atoms. The lowest BCUT2D eigenvalue weighted by Gasteiger charge is -2.18. The zero-order valence-corrected chi connectivity index (χ0v) is 10.9. The van der Waals surface area contributed by atoms with Crippen LogP contribution in [-0.4, -0.2) is 4.98 Å². The number of rotatable bonds is 6. The van der Waals surface area contributed by atoms with E-state index in [0.29, 0.717) is 6.04 Å². The molecule has 1 unspecified atom stereocenters. The molecule has 3 heteroatoms. The average Bonchev–Trinajstić information content (AvgIpc) is 2.89. The highest BCUT2D eigenvalue weighted by Gasteiger charge is 2.11. The second-order valence-corrected chi connectivity index (χ2v) is 5.07. The van der Waals surface area contributed by atoms with Crippen LogP contribution in [0.1, 0.15) is 37.1 Å². The zero-order valence-electron chi connectivity index (χ0n) is 10.1. The minimum absolute atomic E-state index is 0.428. The third kappa shape index (κ3) is 3.56. The lowest BCUT2D eigenvalue weighted by atomic mass is 10.1. The van der Waals surface area contributed by atoms with Gasteiger partial charge < -0.3 is 5.32 Å². The molecule has 0 saturated heterocycles. The van der Waals surface area contributed by atoms with Crippen LogP contribution in [0.15, 0.2) is 42.0 Å². The Bertz CT molecular complexity index is 411. The molecule has 1 N–H and O–H groups in total. The molecule has 2 rings (SSSR count). The number of aromatic nitrogens is 1. The lowest BCUT2D eigenvalue weighted by Crippen LogP contribution is -2.09. The van der Waals surface area contributed by atoms with Gasteiger partial charge in [-0.2, -0.15) is 0 Å². The maximum absolute atomic E-state index is 4.04. The summed E-state index contributed by atoms with van der Waals surface area (Å²) in [5.74, 6) is 0. The Morgan fingerprint density at radius 2 is 2.12 bits per heavy atom. The first kappa shape index (κ1) is 12.1. The Hall–Kier alpha value is -1.35. The van der Waals surface area contributed by atoms with Crippen LogP contribution in [-0.2, 0) is 0 Å². The molecule has 2 heterocycles. The van der Waals surface area contributed by atoms with E-state index in [0.717, 1.165) is 5.69 Å². The van der Waals surface area contributed by atoms with Crippen LogP contribution >= 0.6 is 11.3 Å². The van der Waals surface area contributed by atoms with E-state index < -0.39 is 0 Å². The van der Waals surface area contributed by atoms with Crippen LogP contribution in [0.5, 0.6) is 0 Å². The van der Waals surface area contributed by atoms with E-state index >= 15 is 0 Å². The van der Waals surface area contributed by atoms with Gasteiger partial charge >= 0.3 is 0 Å². The predicted molar refractivity (Wildman–Crippen MR) is 74.4 cm³/mol. The lowest BCUT2D eigenvalue weighted by molar-refractivity contribution is 0.642. The van der Waals surface area contributed by atoms with Gasteiger partial charge in [-0.15, -0.1) is 11.3 Å². The summed E-state index contributed by atoms with van der Waals surface area (Å²) in [4.78, 5) is 5.45. The quantitative estimate of drug-likeness (QED) is 0.812. The van der Waals surface area contributed by atoms with Gasteiger partial charge in [0.15, 0.2) is 0 Å². The third-order valence-electron chi connectivity index (χ3n) is 2.75. The standard InChI is InChI=1S/C14H18N2S/c1-2-3-5-13(14-6-4-11-17-14)16-12-7-9-15-10-8-12/h4,6-11,13H,2-3,5H2,1H3,(H,15,16). The van der Waals surface area contributed by atoms with E-state index in [1.54, 1.807) is 0 Å². The van der Waals surface area contributed by atoms with Gasteiger partial charge in [0.2, 0.25) is 0 Å². The van der Waals surface area contributed by atoms with Crippen LogP contribution in [0.3, 0.4) is 0 Å². The van der Waals surface area contributed by atoms with Crippen molar-refractivity contribution in [3.8, 4) is 0 Å². The minimum Gasteiger partial charge on any atom is -0.377 e. The summed E-state index contributed by atoms with van der Waals surface area (Å²) in [6.45, 7) is 2.23. The van der Waals surface area contributed by atoms with Crippen molar-refractivity contribution in [2.75, 3.05) is 5.32 Å². The summed E-state index contributed by atoms with van der Waals surface area (Å²) in [5.41, 5.74) is 1.15. The molecule has 0 radical (unpaired) electrons. The van der Waals surface area contributed by atoms with Gasteiger partial charge in [-0.25, -0.2) is 0 Å². The Kier molecular flexibility index (Phi) is 4.56. The van der Waals surface area contributed by atoms with Crippen molar-refractivity contribution in [2.24, 2.45) is 0 Å². The number of nitrogens with zero attached hydrogens (tertiary/aromatic N) is 1. The maximum atomic E-state index is 4.04. The highest BCUT2D eigenvalue weighted by atomic mass is 32.1. The first-order valence-corrected chi connectivity index (χ1v) is 6.98. The highest BCUT2D eigenvalue weighted by Crippen LogP contribution is 2.27. The molecule has 2 aromatic heterocycles. The van der Waals surface area contributed by atoms with Gasteiger partial charge in [0.25, 0.3) is 0 Å². The van der Waals surface area contributed by atoms with Crippen LogP contribution in [0, 0.1) is 0 Å². The molecule has 90 valence electrons. The normalized spacial score (nSPS) is 12.3. The van der Waals surface area contributed by atoms with E-state index in [2.05, 4.69) is 34.7 Å². The van der Waals surface area contributed by atoms with E-state index in [1.165, 1.54) is 24.1 Å². The van der Waals surface area contributed by atoms with Gasteiger partial charge in [0.1, 0.15) is 0 Å². The van der Waals surface area contributed by atoms with E-state index in [9.17, 15) is 0 Å². The molecule has 2 aromatic rings. The molecule has 0 aliphatic carbocycles. The number of hydrogen-bond donors (Lipinski definition) is 1. The molecule has 0 fully saturated rings. The molecule has 1 atom stereocenters. The topological polar surface area (TPSA) is 24.9 Å². The molecular weight excluding hydrogens is 228 g/mol. The Balaban J connectivity index is 2.06. The van der Waals surface area contributed by atoms with Crippen molar-refractivity contribution in [1.29, 1.82) is 0 Å². The number of pyridine rings is 1. The Labute approximate surface area is 107 Å². The smallest absolute Gasteiger partial charge is 0.0606 e. The Morgan fingerprint density at radius 3 is 2.76 bits per heavy atom. The van der Waals surface area contributed by atoms with Crippen LogP contribution in [0.4, 0.5) is 5.69 Å². The van der Waals surface area contributed by atoms with Crippen LogP contribution in [0.25, 0.3) is 0 Å². The molecule has 2 nitrogen and oxygen atoms in total. The summed E-state index contributed by atoms with van der Waals surface area (Å²) < 4.78 is 0. The van der Waals surface area contributed by atoms with Crippen LogP contribution in [0.2, 0.25) is 0 Å². The van der Waals surface area contributed by atoms with Crippen LogP contribution < -0.4 is 5.32 Å². The summed E-state index contributed by atoms with van der Waals surface area (Å²) >= 11 is 1.82. The van der Waals surface area contributed by atoms with Crippen molar-refractivity contribution >= 4 is 17.0 Å². The summed E-state index contributed by atoms with van der Waals surface area (Å²) in [6.07, 6.45) is 7.32. The largest absolute Gasteiger partial charge is 0.377 e. The fourth-order valence-corrected chi connectivity index (χ4v) is 2.65. The fraction of sp³-hybridized carbons (Fsp3) is 0.357. The third-order valence-corrected chi connectivity index (χ3v) is 3.74. The van der Waals surface area contributed by atoms with Gasteiger partial charge in [-0.1, -0.05) is 25.8 Å². The van der Waals surface area contributed by atoms with Crippen molar-refractivity contribution in [2.45, 2.75) is 32.2 Å². The van der Waals surface area contributed by atoms with Gasteiger partial charge in [0, 0.05) is 23.0 Å². The number of thiophene rings is 1. The number of anilines is 1. The molecule has 0 bridgehead atoms. The van der Waals surface area contributed by atoms with Gasteiger partial charge in [-0.05, 0) is 30.0 Å². The van der Waals surface area contributed by atoms with Crippen molar-refractivity contribution in [1.82, 2.24) is 4.98 Å².